The van der Waals surface area contributed by atoms with Crippen LogP contribution in [0.3, 0.4) is 0 Å². The summed E-state index contributed by atoms with van der Waals surface area (Å²) >= 11 is 0. The molecule has 3 heteroatoms. The van der Waals surface area contributed by atoms with Gasteiger partial charge in [-0.15, -0.1) is 0 Å². The summed E-state index contributed by atoms with van der Waals surface area (Å²) in [6, 6.07) is 8.74. The van der Waals surface area contributed by atoms with E-state index in [1.165, 1.54) is 24.0 Å². The van der Waals surface area contributed by atoms with Gasteiger partial charge in [-0.05, 0) is 36.5 Å². The molecule has 0 heterocycles. The van der Waals surface area contributed by atoms with Gasteiger partial charge in [0.25, 0.3) is 0 Å². The van der Waals surface area contributed by atoms with Gasteiger partial charge in [-0.2, -0.15) is 5.26 Å². The van der Waals surface area contributed by atoms with Crippen molar-refractivity contribution in [1.29, 1.82) is 5.26 Å². The van der Waals surface area contributed by atoms with Crippen molar-refractivity contribution < 1.29 is 0 Å². The number of hydrogen-bond acceptors (Lipinski definition) is 2. The van der Waals surface area contributed by atoms with Gasteiger partial charge in [0.2, 0.25) is 0 Å². The first-order valence-corrected chi connectivity index (χ1v) is 5.06. The van der Waals surface area contributed by atoms with E-state index in [9.17, 15) is 0 Å². The van der Waals surface area contributed by atoms with E-state index in [0.29, 0.717) is 6.04 Å². The topological polar surface area (TPSA) is 35.8 Å². The van der Waals surface area contributed by atoms with Crippen LogP contribution < -0.4 is 5.23 Å². The Balaban J connectivity index is 2.50. The number of nitriles is 1. The second-order valence-corrected chi connectivity index (χ2v) is 3.72. The minimum atomic E-state index is 0.437. The molecule has 2 nitrogen and oxygen atoms in total. The predicted molar refractivity (Wildman–Crippen MR) is 58.5 cm³/mol. The monoisotopic (exact) mass is 184 g/mol. The molecule has 0 radical (unpaired) electrons. The van der Waals surface area contributed by atoms with Crippen LogP contribution in [-0.2, 0) is 6.42 Å². The lowest BCUT2D eigenvalue weighted by molar-refractivity contribution is 0.537. The Bertz CT molecular complexity index is 381. The molecule has 1 atom stereocenters. The van der Waals surface area contributed by atoms with Crippen LogP contribution in [0, 0.1) is 11.3 Å². The Morgan fingerprint density at radius 3 is 3.07 bits per heavy atom. The van der Waals surface area contributed by atoms with Gasteiger partial charge in [0, 0.05) is 6.04 Å². The first-order chi connectivity index (χ1) is 6.86. The number of nitrogens with zero attached hydrogens (tertiary/aromatic N) is 1. The van der Waals surface area contributed by atoms with E-state index in [1.54, 1.807) is 0 Å². The Labute approximate surface area is 85.4 Å². The van der Waals surface area contributed by atoms with Crippen molar-refractivity contribution in [2.75, 3.05) is 0 Å². The predicted octanol–water partition coefficient (Wildman–Crippen LogP) is 1.07. The molecule has 1 N–H and O–H groups in total. The lowest BCUT2D eigenvalue weighted by atomic mass is 9.84. The molecule has 0 fully saturated rings. The van der Waals surface area contributed by atoms with Crippen molar-refractivity contribution in [2.24, 2.45) is 0 Å². The van der Waals surface area contributed by atoms with Gasteiger partial charge in [-0.1, -0.05) is 12.1 Å². The third-order valence-corrected chi connectivity index (χ3v) is 2.98. The minimum absolute atomic E-state index is 0.437. The van der Waals surface area contributed by atoms with Crippen LogP contribution in [0.4, 0.5) is 0 Å². The van der Waals surface area contributed by atoms with E-state index in [2.05, 4.69) is 17.4 Å². The normalized spacial score (nSPS) is 19.8. The summed E-state index contributed by atoms with van der Waals surface area (Å²) in [5.74, 6) is 0. The van der Waals surface area contributed by atoms with E-state index >= 15 is 0 Å². The van der Waals surface area contributed by atoms with Gasteiger partial charge < -0.3 is 5.23 Å². The molecule has 14 heavy (non-hydrogen) atoms. The molecule has 1 aliphatic carbocycles. The van der Waals surface area contributed by atoms with Gasteiger partial charge >= 0.3 is 0 Å². The number of rotatable bonds is 1. The molecule has 0 spiro atoms. The molecule has 0 bridgehead atoms. The number of hydrogen-bond donors (Lipinski definition) is 1. The Morgan fingerprint density at radius 1 is 1.50 bits per heavy atom. The van der Waals surface area contributed by atoms with Gasteiger partial charge in [0.1, 0.15) is 0 Å². The maximum atomic E-state index is 8.98. The fraction of sp³-hybridized carbons (Fsp3) is 0.364. The van der Waals surface area contributed by atoms with Crippen molar-refractivity contribution in [3.05, 3.63) is 34.9 Å². The van der Waals surface area contributed by atoms with Crippen molar-refractivity contribution in [2.45, 2.75) is 25.3 Å². The van der Waals surface area contributed by atoms with Crippen molar-refractivity contribution >= 4 is 7.98 Å². The first kappa shape index (κ1) is 9.30. The van der Waals surface area contributed by atoms with Crippen LogP contribution in [0.1, 0.15) is 35.6 Å². The van der Waals surface area contributed by atoms with E-state index < -0.39 is 0 Å². The van der Waals surface area contributed by atoms with Gasteiger partial charge in [-0.3, -0.25) is 0 Å². The molecule has 0 saturated carbocycles. The molecule has 0 saturated heterocycles. The SMILES string of the molecule is BN[C@H]1CCCc2c(C#N)cccc21. The molecular weight excluding hydrogens is 171 g/mol. The Kier molecular flexibility index (Phi) is 2.56. The Morgan fingerprint density at radius 2 is 2.36 bits per heavy atom. The maximum absolute atomic E-state index is 8.98. The third-order valence-electron chi connectivity index (χ3n) is 2.98. The average molecular weight is 184 g/mol. The van der Waals surface area contributed by atoms with Crippen LogP contribution in [0.5, 0.6) is 0 Å². The first-order valence-electron chi connectivity index (χ1n) is 5.06. The minimum Gasteiger partial charge on any atom is -0.356 e. The van der Waals surface area contributed by atoms with Crippen molar-refractivity contribution in [3.63, 3.8) is 0 Å². The number of benzene rings is 1. The highest BCUT2D eigenvalue weighted by Gasteiger charge is 2.20. The second kappa shape index (κ2) is 3.85. The summed E-state index contributed by atoms with van der Waals surface area (Å²) < 4.78 is 0. The highest BCUT2D eigenvalue weighted by molar-refractivity contribution is 6.04. The molecule has 0 aliphatic heterocycles. The maximum Gasteiger partial charge on any atom is 0.182 e. The standard InChI is InChI=1S/C11H13BN2/c12-14-11-6-2-4-9-8(7-13)3-1-5-10(9)11/h1,3,5,11,14H,2,4,6,12H2/t11-/m0/s1. The van der Waals surface area contributed by atoms with Crippen LogP contribution in [-0.4, -0.2) is 7.98 Å². The van der Waals surface area contributed by atoms with Crippen LogP contribution >= 0.6 is 0 Å². The molecule has 70 valence electrons. The molecule has 2 rings (SSSR count). The summed E-state index contributed by atoms with van der Waals surface area (Å²) in [6.07, 6.45) is 3.41. The molecule has 1 aromatic rings. The van der Waals surface area contributed by atoms with Gasteiger partial charge in [0.15, 0.2) is 7.98 Å². The zero-order valence-corrected chi connectivity index (χ0v) is 8.38. The largest absolute Gasteiger partial charge is 0.356 e. The Hall–Kier alpha value is -1.27. The average Bonchev–Trinajstić information content (AvgIpc) is 2.27. The van der Waals surface area contributed by atoms with E-state index in [-0.39, 0.29) is 0 Å². The quantitative estimate of drug-likeness (QED) is 0.662. The van der Waals surface area contributed by atoms with E-state index in [1.807, 2.05) is 20.1 Å². The number of fused-ring (bicyclic) bond motifs is 1. The van der Waals surface area contributed by atoms with Crippen LogP contribution in [0.25, 0.3) is 0 Å². The van der Waals surface area contributed by atoms with Crippen molar-refractivity contribution in [1.82, 2.24) is 5.23 Å². The van der Waals surface area contributed by atoms with Crippen LogP contribution in [0.2, 0.25) is 0 Å². The molecule has 0 amide bonds. The third kappa shape index (κ3) is 1.42. The molecule has 1 aromatic carbocycles. The lowest BCUT2D eigenvalue weighted by Crippen LogP contribution is -2.23. The summed E-state index contributed by atoms with van der Waals surface area (Å²) in [5, 5.41) is 12.3. The zero-order chi connectivity index (χ0) is 9.97. The van der Waals surface area contributed by atoms with Gasteiger partial charge in [0.05, 0.1) is 11.6 Å². The fourth-order valence-corrected chi connectivity index (χ4v) is 2.25. The fourth-order valence-electron chi connectivity index (χ4n) is 2.25. The van der Waals surface area contributed by atoms with Crippen molar-refractivity contribution in [3.8, 4) is 6.07 Å². The summed E-state index contributed by atoms with van der Waals surface area (Å²) in [4.78, 5) is 0. The lowest BCUT2D eigenvalue weighted by Gasteiger charge is -2.25. The molecular formula is C11H13BN2. The van der Waals surface area contributed by atoms with Crippen LogP contribution in [0.15, 0.2) is 18.2 Å². The second-order valence-electron chi connectivity index (χ2n) is 3.72. The number of nitrogens with one attached hydrogen (secondary N) is 1. The summed E-state index contributed by atoms with van der Waals surface area (Å²) in [7, 11) is 1.98. The van der Waals surface area contributed by atoms with Gasteiger partial charge in [-0.25, -0.2) is 0 Å². The summed E-state index contributed by atoms with van der Waals surface area (Å²) in [6.45, 7) is 0. The zero-order valence-electron chi connectivity index (χ0n) is 8.38. The molecule has 0 aromatic heterocycles. The smallest absolute Gasteiger partial charge is 0.182 e. The highest BCUT2D eigenvalue weighted by atomic mass is 14.8. The van der Waals surface area contributed by atoms with E-state index in [4.69, 9.17) is 5.26 Å². The molecule has 0 unspecified atom stereocenters. The van der Waals surface area contributed by atoms with E-state index in [0.717, 1.165) is 12.0 Å². The summed E-state index contributed by atoms with van der Waals surface area (Å²) in [5.41, 5.74) is 3.42. The molecule has 1 aliphatic rings. The highest BCUT2D eigenvalue weighted by Crippen LogP contribution is 2.30.